The molecule has 19 heavy (non-hydrogen) atoms. The van der Waals surface area contributed by atoms with Gasteiger partial charge in [-0.3, -0.25) is 9.13 Å². The van der Waals surface area contributed by atoms with Crippen molar-refractivity contribution in [2.24, 2.45) is 0 Å². The fourth-order valence-electron chi connectivity index (χ4n) is 2.43. The Balaban J connectivity index is 2.64. The van der Waals surface area contributed by atoms with E-state index in [0.29, 0.717) is 5.65 Å². The molecule has 2 aromatic rings. The molecule has 6 heteroatoms. The van der Waals surface area contributed by atoms with E-state index in [2.05, 4.69) is 9.97 Å². The maximum Gasteiger partial charge on any atom is 0.199 e. The van der Waals surface area contributed by atoms with Crippen molar-refractivity contribution in [3.63, 3.8) is 0 Å². The van der Waals surface area contributed by atoms with E-state index in [-0.39, 0.29) is 0 Å². The molecule has 0 aliphatic carbocycles. The smallest absolute Gasteiger partial charge is 0.199 e. The maximum absolute atomic E-state index is 12.0. The lowest BCUT2D eigenvalue weighted by molar-refractivity contribution is 0.0385. The highest BCUT2D eigenvalue weighted by Crippen LogP contribution is 2.45. The molecule has 2 heterocycles. The van der Waals surface area contributed by atoms with Gasteiger partial charge in [0.1, 0.15) is 11.5 Å². The summed E-state index contributed by atoms with van der Waals surface area (Å²) in [7, 11) is -2.61. The van der Waals surface area contributed by atoms with Crippen molar-refractivity contribution in [1.29, 1.82) is 0 Å². The lowest BCUT2D eigenvalue weighted by Crippen LogP contribution is -2.29. The Kier molecular flexibility index (Phi) is 3.31. The molecule has 0 aliphatic heterocycles. The third-order valence-corrected chi connectivity index (χ3v) is 3.68. The quantitative estimate of drug-likeness (QED) is 0.810. The van der Waals surface area contributed by atoms with Crippen LogP contribution in [0.2, 0.25) is 0 Å². The zero-order valence-electron chi connectivity index (χ0n) is 12.3. The predicted molar refractivity (Wildman–Crippen MR) is 76.9 cm³/mol. The summed E-state index contributed by atoms with van der Waals surface area (Å²) in [5.74, 6) is 0.798. The molecule has 0 atom stereocenters. The molecule has 2 aromatic heterocycles. The summed E-state index contributed by atoms with van der Waals surface area (Å²) in [5.41, 5.74) is 1.91. The van der Waals surface area contributed by atoms with Crippen molar-refractivity contribution in [1.82, 2.24) is 14.5 Å². The fourth-order valence-corrected chi connectivity index (χ4v) is 3.59. The van der Waals surface area contributed by atoms with E-state index in [0.717, 1.165) is 16.9 Å². The van der Waals surface area contributed by atoms with Crippen LogP contribution in [0.25, 0.3) is 11.2 Å². The van der Waals surface area contributed by atoms with Crippen molar-refractivity contribution in [3.05, 3.63) is 23.7 Å². The minimum atomic E-state index is -2.61. The van der Waals surface area contributed by atoms with Crippen molar-refractivity contribution >= 4 is 18.5 Å². The number of rotatable bonds is 3. The van der Waals surface area contributed by atoms with Gasteiger partial charge in [0.15, 0.2) is 13.0 Å². The van der Waals surface area contributed by atoms with Gasteiger partial charge < -0.3 is 4.52 Å². The minimum Gasteiger partial charge on any atom is -0.302 e. The Bertz CT molecular complexity index is 670. The van der Waals surface area contributed by atoms with Crippen LogP contribution in [0.5, 0.6) is 0 Å². The van der Waals surface area contributed by atoms with Gasteiger partial charge in [0, 0.05) is 19.5 Å². The molecule has 5 nitrogen and oxygen atoms in total. The topological polar surface area (TPSA) is 57.0 Å². The second kappa shape index (κ2) is 4.43. The van der Waals surface area contributed by atoms with Crippen LogP contribution in [0.4, 0.5) is 0 Å². The molecule has 0 saturated heterocycles. The monoisotopic (exact) mass is 281 g/mol. The molecule has 0 aromatic carbocycles. The molecule has 0 N–H and O–H groups in total. The van der Waals surface area contributed by atoms with Gasteiger partial charge in [0.2, 0.25) is 0 Å². The summed E-state index contributed by atoms with van der Waals surface area (Å²) in [6.07, 6.45) is 1.79. The third-order valence-electron chi connectivity index (χ3n) is 2.80. The van der Waals surface area contributed by atoms with Crippen LogP contribution < -0.4 is 0 Å². The summed E-state index contributed by atoms with van der Waals surface area (Å²) in [6.45, 7) is 10.9. The van der Waals surface area contributed by atoms with E-state index in [9.17, 15) is 4.57 Å². The lowest BCUT2D eigenvalue weighted by Gasteiger charge is -2.30. The summed E-state index contributed by atoms with van der Waals surface area (Å²) in [6, 6.07) is 2.02. The van der Waals surface area contributed by atoms with Gasteiger partial charge in [-0.2, -0.15) is 0 Å². The number of aromatic nitrogens is 3. The number of imidazole rings is 1. The average Bonchev–Trinajstić information content (AvgIpc) is 2.49. The second-order valence-electron chi connectivity index (χ2n) is 5.64. The molecule has 2 rings (SSSR count). The molecule has 0 spiro atoms. The molecular weight excluding hydrogens is 261 g/mol. The van der Waals surface area contributed by atoms with Crippen LogP contribution in [0.15, 0.2) is 12.3 Å². The van der Waals surface area contributed by atoms with E-state index in [1.54, 1.807) is 19.5 Å². The van der Waals surface area contributed by atoms with Crippen LogP contribution in [0.1, 0.15) is 25.2 Å². The van der Waals surface area contributed by atoms with E-state index in [4.69, 9.17) is 4.52 Å². The van der Waals surface area contributed by atoms with E-state index in [1.807, 2.05) is 38.3 Å². The van der Waals surface area contributed by atoms with Crippen LogP contribution in [0, 0.1) is 13.8 Å². The summed E-state index contributed by atoms with van der Waals surface area (Å²) in [4.78, 5) is 8.75. The molecule has 0 unspecified atom stereocenters. The Morgan fingerprint density at radius 3 is 2.53 bits per heavy atom. The number of hydrogen-bond donors (Lipinski definition) is 0. The maximum atomic E-state index is 12.0. The zero-order valence-corrected chi connectivity index (χ0v) is 13.2. The van der Waals surface area contributed by atoms with Crippen LogP contribution in [0.3, 0.4) is 0 Å². The van der Waals surface area contributed by atoms with Gasteiger partial charge in [0.25, 0.3) is 0 Å². The van der Waals surface area contributed by atoms with Gasteiger partial charge in [-0.15, -0.1) is 0 Å². The zero-order chi connectivity index (χ0) is 14.4. The van der Waals surface area contributed by atoms with Gasteiger partial charge in [0.05, 0.1) is 5.52 Å². The Morgan fingerprint density at radius 1 is 1.32 bits per heavy atom. The molecule has 0 amide bonds. The molecule has 0 saturated carbocycles. The highest BCUT2D eigenvalue weighted by Gasteiger charge is 2.30. The molecular formula is C13H20N3O2P. The van der Waals surface area contributed by atoms with Crippen molar-refractivity contribution in [2.75, 3.05) is 13.3 Å². The summed E-state index contributed by atoms with van der Waals surface area (Å²) < 4.78 is 19.7. The largest absolute Gasteiger partial charge is 0.302 e. The number of aryl methyl sites for hydroxylation is 2. The molecule has 0 fully saturated rings. The van der Waals surface area contributed by atoms with Crippen molar-refractivity contribution in [2.45, 2.75) is 33.4 Å². The van der Waals surface area contributed by atoms with E-state index >= 15 is 0 Å². The number of fused-ring (bicyclic) bond motifs is 1. The van der Waals surface area contributed by atoms with Crippen molar-refractivity contribution < 1.29 is 9.09 Å². The first-order valence-electron chi connectivity index (χ1n) is 6.18. The predicted octanol–water partition coefficient (Wildman–Crippen LogP) is 3.30. The first-order chi connectivity index (χ1) is 8.60. The summed E-state index contributed by atoms with van der Waals surface area (Å²) >= 11 is 0. The summed E-state index contributed by atoms with van der Waals surface area (Å²) in [5, 5.41) is 0. The molecule has 0 bridgehead atoms. The van der Waals surface area contributed by atoms with Crippen LogP contribution >= 0.6 is 7.37 Å². The molecule has 0 radical (unpaired) electrons. The van der Waals surface area contributed by atoms with Crippen molar-refractivity contribution in [3.8, 4) is 0 Å². The number of hydrogen-bond acceptors (Lipinski definition) is 4. The Labute approximate surface area is 113 Å². The standard InChI is InChI=1S/C13H20N3O2P/c1-9-7-11-12(14-8-9)15-10(2)16(11)13(3,4)18-19(5,6)17/h7-8H,1-6H3. The average molecular weight is 281 g/mol. The molecule has 0 aliphatic rings. The third kappa shape index (κ3) is 2.88. The minimum absolute atomic E-state index is 0.682. The van der Waals surface area contributed by atoms with Crippen LogP contribution in [-0.2, 0) is 14.8 Å². The van der Waals surface area contributed by atoms with Gasteiger partial charge in [-0.1, -0.05) is 0 Å². The highest BCUT2D eigenvalue weighted by molar-refractivity contribution is 7.57. The van der Waals surface area contributed by atoms with Crippen LogP contribution in [-0.4, -0.2) is 27.9 Å². The Hall–Kier alpha value is -1.19. The van der Waals surface area contributed by atoms with Gasteiger partial charge >= 0.3 is 0 Å². The second-order valence-corrected chi connectivity index (χ2v) is 8.33. The first-order valence-corrected chi connectivity index (χ1v) is 8.70. The fraction of sp³-hybridized carbons (Fsp3) is 0.538. The normalized spacial score (nSPS) is 13.2. The molecule has 104 valence electrons. The highest BCUT2D eigenvalue weighted by atomic mass is 31.2. The first kappa shape index (κ1) is 14.2. The lowest BCUT2D eigenvalue weighted by atomic mass is 10.2. The van der Waals surface area contributed by atoms with Gasteiger partial charge in [-0.05, 0) is 39.3 Å². The Morgan fingerprint density at radius 2 is 1.95 bits per heavy atom. The van der Waals surface area contributed by atoms with E-state index < -0.39 is 13.1 Å². The number of pyridine rings is 1. The number of nitrogens with zero attached hydrogens (tertiary/aromatic N) is 3. The SMILES string of the molecule is Cc1cnc2nc(C)n(C(C)(C)OP(C)(C)=O)c2c1. The van der Waals surface area contributed by atoms with Gasteiger partial charge in [-0.25, -0.2) is 9.97 Å². The van der Waals surface area contributed by atoms with E-state index in [1.165, 1.54) is 0 Å².